The van der Waals surface area contributed by atoms with E-state index in [1.807, 2.05) is 30.3 Å². The number of halogens is 1. The number of hydrogen-bond donors (Lipinski definition) is 1. The van der Waals surface area contributed by atoms with Gasteiger partial charge in [-0.2, -0.15) is 4.31 Å². The van der Waals surface area contributed by atoms with Crippen LogP contribution in [0.4, 0.5) is 0 Å². The molecule has 0 spiro atoms. The molecule has 2 aromatic rings. The smallest absolute Gasteiger partial charge is 0.244 e. The molecule has 0 aromatic heterocycles. The van der Waals surface area contributed by atoms with Crippen LogP contribution >= 0.6 is 11.6 Å². The number of benzene rings is 2. The molecule has 1 N–H and O–H groups in total. The first-order valence-electron chi connectivity index (χ1n) is 6.87. The van der Waals surface area contributed by atoms with Crippen molar-refractivity contribution in [1.82, 2.24) is 4.31 Å². The minimum absolute atomic E-state index is 0.0154. The molecule has 0 radical (unpaired) electrons. The average Bonchev–Trinajstić information content (AvgIpc) is 2.50. The molecule has 0 atom stereocenters. The molecule has 2 aromatic carbocycles. The fourth-order valence-corrected chi connectivity index (χ4v) is 4.12. The first-order chi connectivity index (χ1) is 10.5. The van der Waals surface area contributed by atoms with Crippen LogP contribution in [-0.4, -0.2) is 31.0 Å². The molecule has 0 saturated carbocycles. The predicted molar refractivity (Wildman–Crippen MR) is 87.3 cm³/mol. The minimum atomic E-state index is -3.77. The molecule has 0 heterocycles. The lowest BCUT2D eigenvalue weighted by Gasteiger charge is -2.22. The zero-order valence-corrected chi connectivity index (χ0v) is 13.8. The van der Waals surface area contributed by atoms with E-state index in [2.05, 4.69) is 0 Å². The van der Waals surface area contributed by atoms with Gasteiger partial charge in [0.15, 0.2) is 0 Å². The number of rotatable bonds is 6. The number of sulfonamides is 1. The fourth-order valence-electron chi connectivity index (χ4n) is 2.14. The van der Waals surface area contributed by atoms with Gasteiger partial charge in [-0.15, -0.1) is 0 Å². The Labute approximate surface area is 136 Å². The Morgan fingerprint density at radius 2 is 1.77 bits per heavy atom. The summed E-state index contributed by atoms with van der Waals surface area (Å²) in [6.45, 7) is 1.71. The molecular formula is C16H18ClNO3S. The number of aliphatic hydroxyl groups is 1. The fraction of sp³-hybridized carbons (Fsp3) is 0.250. The van der Waals surface area contributed by atoms with E-state index in [-0.39, 0.29) is 29.6 Å². The molecule has 22 heavy (non-hydrogen) atoms. The van der Waals surface area contributed by atoms with E-state index >= 15 is 0 Å². The molecule has 2 rings (SSSR count). The highest BCUT2D eigenvalue weighted by Crippen LogP contribution is 2.28. The normalized spacial score (nSPS) is 11.8. The van der Waals surface area contributed by atoms with Crippen LogP contribution in [0.25, 0.3) is 0 Å². The van der Waals surface area contributed by atoms with Gasteiger partial charge in [-0.25, -0.2) is 8.42 Å². The summed E-state index contributed by atoms with van der Waals surface area (Å²) in [5.41, 5.74) is 1.55. The van der Waals surface area contributed by atoms with Crippen molar-refractivity contribution in [2.75, 3.05) is 13.2 Å². The van der Waals surface area contributed by atoms with Gasteiger partial charge < -0.3 is 5.11 Å². The summed E-state index contributed by atoms with van der Waals surface area (Å²) in [6, 6.07) is 14.2. The van der Waals surface area contributed by atoms with Crippen molar-refractivity contribution in [3.05, 3.63) is 64.7 Å². The highest BCUT2D eigenvalue weighted by Gasteiger charge is 2.27. The quantitative estimate of drug-likeness (QED) is 0.880. The summed E-state index contributed by atoms with van der Waals surface area (Å²) in [5.74, 6) is 0. The second kappa shape index (κ2) is 7.24. The molecule has 0 fully saturated rings. The molecule has 6 heteroatoms. The van der Waals surface area contributed by atoms with Crippen LogP contribution in [0.1, 0.15) is 11.1 Å². The van der Waals surface area contributed by atoms with E-state index in [4.69, 9.17) is 11.6 Å². The molecule has 0 aliphatic carbocycles. The molecule has 0 bridgehead atoms. The van der Waals surface area contributed by atoms with Crippen molar-refractivity contribution in [2.24, 2.45) is 0 Å². The van der Waals surface area contributed by atoms with Gasteiger partial charge in [-0.3, -0.25) is 0 Å². The molecule has 0 aliphatic rings. The third-order valence-electron chi connectivity index (χ3n) is 3.33. The summed E-state index contributed by atoms with van der Waals surface area (Å²) >= 11 is 6.16. The van der Waals surface area contributed by atoms with E-state index in [9.17, 15) is 13.5 Å². The van der Waals surface area contributed by atoms with E-state index < -0.39 is 10.0 Å². The van der Waals surface area contributed by atoms with Gasteiger partial charge in [0.2, 0.25) is 10.0 Å². The molecule has 0 amide bonds. The Balaban J connectivity index is 2.40. The molecule has 0 saturated heterocycles. The predicted octanol–water partition coefficient (Wildman–Crippen LogP) is 2.83. The summed E-state index contributed by atoms with van der Waals surface area (Å²) in [6.07, 6.45) is 0. The Morgan fingerprint density at radius 1 is 1.09 bits per heavy atom. The van der Waals surface area contributed by atoms with Gasteiger partial charge in [0.25, 0.3) is 0 Å². The van der Waals surface area contributed by atoms with Crippen LogP contribution in [0.2, 0.25) is 5.02 Å². The maximum absolute atomic E-state index is 12.8. The van der Waals surface area contributed by atoms with Gasteiger partial charge in [0.1, 0.15) is 4.90 Å². The molecule has 0 unspecified atom stereocenters. The standard InChI is InChI=1S/C16H18ClNO3S/c1-13-6-5-9-15(16(13)17)22(20,21)18(10-11-19)12-14-7-3-2-4-8-14/h2-9,19H,10-12H2,1H3. The largest absolute Gasteiger partial charge is 0.395 e. The van der Waals surface area contributed by atoms with Crippen molar-refractivity contribution < 1.29 is 13.5 Å². The summed E-state index contributed by atoms with van der Waals surface area (Å²) in [7, 11) is -3.77. The molecule has 0 aliphatic heterocycles. The van der Waals surface area contributed by atoms with Crippen molar-refractivity contribution in [3.63, 3.8) is 0 Å². The zero-order valence-electron chi connectivity index (χ0n) is 12.2. The van der Waals surface area contributed by atoms with Crippen molar-refractivity contribution >= 4 is 21.6 Å². The topological polar surface area (TPSA) is 57.6 Å². The number of hydrogen-bond acceptors (Lipinski definition) is 3. The average molecular weight is 340 g/mol. The lowest BCUT2D eigenvalue weighted by molar-refractivity contribution is 0.251. The van der Waals surface area contributed by atoms with Crippen LogP contribution in [0, 0.1) is 6.92 Å². The van der Waals surface area contributed by atoms with Crippen LogP contribution in [0.15, 0.2) is 53.4 Å². The van der Waals surface area contributed by atoms with Crippen molar-refractivity contribution in [1.29, 1.82) is 0 Å². The van der Waals surface area contributed by atoms with E-state index in [1.54, 1.807) is 19.1 Å². The van der Waals surface area contributed by atoms with Gasteiger partial charge in [-0.1, -0.05) is 54.1 Å². The molecular weight excluding hydrogens is 322 g/mol. The molecule has 4 nitrogen and oxygen atoms in total. The van der Waals surface area contributed by atoms with Crippen LogP contribution in [0.5, 0.6) is 0 Å². The highest BCUT2D eigenvalue weighted by atomic mass is 35.5. The summed E-state index contributed by atoms with van der Waals surface area (Å²) in [5, 5.41) is 9.43. The maximum Gasteiger partial charge on any atom is 0.244 e. The maximum atomic E-state index is 12.8. The zero-order chi connectivity index (χ0) is 16.2. The van der Waals surface area contributed by atoms with Gasteiger partial charge in [-0.05, 0) is 24.1 Å². The van der Waals surface area contributed by atoms with E-state index in [0.29, 0.717) is 5.56 Å². The van der Waals surface area contributed by atoms with Gasteiger partial charge in [0, 0.05) is 13.1 Å². The number of nitrogens with zero attached hydrogens (tertiary/aromatic N) is 1. The first kappa shape index (κ1) is 17.0. The van der Waals surface area contributed by atoms with Crippen molar-refractivity contribution in [3.8, 4) is 0 Å². The first-order valence-corrected chi connectivity index (χ1v) is 8.68. The van der Waals surface area contributed by atoms with Crippen LogP contribution in [-0.2, 0) is 16.6 Å². The summed E-state index contributed by atoms with van der Waals surface area (Å²) < 4.78 is 26.9. The highest BCUT2D eigenvalue weighted by molar-refractivity contribution is 7.89. The Hall–Kier alpha value is -1.40. The van der Waals surface area contributed by atoms with Crippen molar-refractivity contribution in [2.45, 2.75) is 18.4 Å². The van der Waals surface area contributed by atoms with Crippen LogP contribution in [0.3, 0.4) is 0 Å². The Bertz CT molecular complexity index is 732. The van der Waals surface area contributed by atoms with Gasteiger partial charge in [0.05, 0.1) is 11.6 Å². The Morgan fingerprint density at radius 3 is 2.41 bits per heavy atom. The SMILES string of the molecule is Cc1cccc(S(=O)(=O)N(CCO)Cc2ccccc2)c1Cl. The monoisotopic (exact) mass is 339 g/mol. The van der Waals surface area contributed by atoms with Gasteiger partial charge >= 0.3 is 0 Å². The number of aryl methyl sites for hydroxylation is 1. The summed E-state index contributed by atoms with van der Waals surface area (Å²) in [4.78, 5) is 0.0681. The third kappa shape index (κ3) is 3.67. The van der Waals surface area contributed by atoms with E-state index in [0.717, 1.165) is 5.56 Å². The lowest BCUT2D eigenvalue weighted by atomic mass is 10.2. The number of aliphatic hydroxyl groups excluding tert-OH is 1. The second-order valence-electron chi connectivity index (χ2n) is 4.93. The van der Waals surface area contributed by atoms with E-state index in [1.165, 1.54) is 10.4 Å². The lowest BCUT2D eigenvalue weighted by Crippen LogP contribution is -2.33. The van der Waals surface area contributed by atoms with Crippen LogP contribution < -0.4 is 0 Å². The molecule has 118 valence electrons. The second-order valence-corrected chi connectivity index (χ2v) is 7.22. The third-order valence-corrected chi connectivity index (χ3v) is 5.83. The Kier molecular flexibility index (Phi) is 5.58. The minimum Gasteiger partial charge on any atom is -0.395 e.